The van der Waals surface area contributed by atoms with Crippen LogP contribution in [0.1, 0.15) is 27.7 Å². The van der Waals surface area contributed by atoms with Crippen molar-refractivity contribution >= 4 is 0 Å². The van der Waals surface area contributed by atoms with Crippen molar-refractivity contribution in [2.24, 2.45) is 0 Å². The average molecular weight is 606 g/mol. The Balaban J connectivity index is -0.00000000200. The Labute approximate surface area is 132 Å². The van der Waals surface area contributed by atoms with Gasteiger partial charge in [0.2, 0.25) is 0 Å². The molecule has 2 radical (unpaired) electrons. The smallest absolute Gasteiger partial charge is 0 e. The standard InChI is InChI=1S/C3H8.CH4.2W.2Y/c1-3-2;;;;;/h3H2,1-2H3;1H4;;;;. The van der Waals surface area contributed by atoms with E-state index < -0.39 is 0 Å². The molecule has 0 N–H and O–H groups in total. The molecule has 46 valence electrons. The summed E-state index contributed by atoms with van der Waals surface area (Å²) in [5, 5.41) is 0. The van der Waals surface area contributed by atoms with Gasteiger partial charge in [-0.15, -0.1) is 0 Å². The van der Waals surface area contributed by atoms with Crippen LogP contribution in [0.4, 0.5) is 0 Å². The van der Waals surface area contributed by atoms with Crippen LogP contribution in [-0.2, 0) is 108 Å². The van der Waals surface area contributed by atoms with E-state index in [9.17, 15) is 0 Å². The third-order valence-electron chi connectivity index (χ3n) is 0. The van der Waals surface area contributed by atoms with Gasteiger partial charge >= 0.3 is 0 Å². The monoisotopic (exact) mass is 606 g/mol. The van der Waals surface area contributed by atoms with E-state index in [1.54, 1.807) is 0 Å². The first-order valence-corrected chi connectivity index (χ1v) is 1.41. The summed E-state index contributed by atoms with van der Waals surface area (Å²) in [4.78, 5) is 0. The van der Waals surface area contributed by atoms with Crippen molar-refractivity contribution in [3.63, 3.8) is 0 Å². The van der Waals surface area contributed by atoms with Gasteiger partial charge < -0.3 is 0 Å². The van der Waals surface area contributed by atoms with Crippen molar-refractivity contribution < 1.29 is 108 Å². The molecular weight excluding hydrogens is 594 g/mol. The van der Waals surface area contributed by atoms with Gasteiger partial charge in [0.25, 0.3) is 0 Å². The second kappa shape index (κ2) is 46.3. The van der Waals surface area contributed by atoms with Crippen molar-refractivity contribution in [1.29, 1.82) is 0 Å². The molecule has 0 rings (SSSR count). The van der Waals surface area contributed by atoms with Gasteiger partial charge in [-0.3, -0.25) is 0 Å². The minimum atomic E-state index is 0. The van der Waals surface area contributed by atoms with Crippen molar-refractivity contribution in [1.82, 2.24) is 0 Å². The minimum absolute atomic E-state index is 0. The van der Waals surface area contributed by atoms with Crippen LogP contribution in [0.3, 0.4) is 0 Å². The molecular formula is C4H12W2Y2. The van der Waals surface area contributed by atoms with E-state index >= 15 is 0 Å². The van der Waals surface area contributed by atoms with E-state index in [1.165, 1.54) is 6.42 Å². The zero-order chi connectivity index (χ0) is 2.71. The van der Waals surface area contributed by atoms with Crippen LogP contribution < -0.4 is 0 Å². The maximum absolute atomic E-state index is 2.12. The summed E-state index contributed by atoms with van der Waals surface area (Å²) >= 11 is 0. The molecule has 4 heteroatoms. The third kappa shape index (κ3) is 55.0. The molecule has 0 aromatic heterocycles. The second-order valence-corrected chi connectivity index (χ2v) is 0.707. The molecule has 0 spiro atoms. The van der Waals surface area contributed by atoms with Gasteiger partial charge in [0, 0.05) is 108 Å². The quantitative estimate of drug-likeness (QED) is 0.397. The zero-order valence-corrected chi connectivity index (χ0v) is 16.2. The van der Waals surface area contributed by atoms with Crippen LogP contribution in [0.2, 0.25) is 0 Å². The second-order valence-electron chi connectivity index (χ2n) is 0.707. The van der Waals surface area contributed by atoms with Gasteiger partial charge in [0.05, 0.1) is 0 Å². The van der Waals surface area contributed by atoms with E-state index in [1.807, 2.05) is 0 Å². The predicted octanol–water partition coefficient (Wildman–Crippen LogP) is 2.04. The van der Waals surface area contributed by atoms with Crippen molar-refractivity contribution in [3.05, 3.63) is 0 Å². The van der Waals surface area contributed by atoms with Gasteiger partial charge in [0.15, 0.2) is 0 Å². The van der Waals surface area contributed by atoms with Gasteiger partial charge in [-0.25, -0.2) is 0 Å². The Morgan fingerprint density at radius 3 is 0.875 bits per heavy atom. The Morgan fingerprint density at radius 2 is 0.875 bits per heavy atom. The maximum Gasteiger partial charge on any atom is 0 e. The fourth-order valence-electron chi connectivity index (χ4n) is 0. The molecule has 0 aliphatic rings. The van der Waals surface area contributed by atoms with Crippen LogP contribution in [0.25, 0.3) is 0 Å². The van der Waals surface area contributed by atoms with E-state index in [-0.39, 0.29) is 115 Å². The first kappa shape index (κ1) is 41.6. The fraction of sp³-hybridized carbons (Fsp3) is 1.00. The Morgan fingerprint density at radius 1 is 0.875 bits per heavy atom. The van der Waals surface area contributed by atoms with E-state index in [0.29, 0.717) is 0 Å². The summed E-state index contributed by atoms with van der Waals surface area (Å²) in [5.74, 6) is 0. The third-order valence-corrected chi connectivity index (χ3v) is 0. The van der Waals surface area contributed by atoms with Gasteiger partial charge in [-0.2, -0.15) is 0 Å². The Kier molecular flexibility index (Phi) is 241. The molecule has 0 aromatic rings. The summed E-state index contributed by atoms with van der Waals surface area (Å²) < 4.78 is 0. The molecule has 0 saturated carbocycles. The largest absolute Gasteiger partial charge is 0.0776 e. The SMILES string of the molecule is C.CCC.[W].[W].[Y].[Y]. The number of hydrogen-bond donors (Lipinski definition) is 0. The molecule has 0 aliphatic carbocycles. The molecule has 0 unspecified atom stereocenters. The van der Waals surface area contributed by atoms with Crippen LogP contribution in [0, 0.1) is 0 Å². The fourth-order valence-corrected chi connectivity index (χ4v) is 0. The summed E-state index contributed by atoms with van der Waals surface area (Å²) in [5.41, 5.74) is 0. The van der Waals surface area contributed by atoms with Crippen molar-refractivity contribution in [3.8, 4) is 0 Å². The van der Waals surface area contributed by atoms with E-state index in [0.717, 1.165) is 0 Å². The Hall–Kier alpha value is 3.58. The first-order chi connectivity index (χ1) is 1.41. The minimum Gasteiger partial charge on any atom is -0.0776 e. The number of rotatable bonds is 0. The van der Waals surface area contributed by atoms with Crippen molar-refractivity contribution in [2.45, 2.75) is 27.7 Å². The van der Waals surface area contributed by atoms with Crippen LogP contribution in [-0.4, -0.2) is 0 Å². The summed E-state index contributed by atoms with van der Waals surface area (Å²) in [7, 11) is 0. The molecule has 0 fully saturated rings. The zero-order valence-electron chi connectivity index (χ0n) is 4.68. The molecule has 0 aliphatic heterocycles. The Bertz CT molecular complexity index is 12.0. The van der Waals surface area contributed by atoms with E-state index in [4.69, 9.17) is 0 Å². The molecule has 0 aromatic carbocycles. The van der Waals surface area contributed by atoms with Crippen molar-refractivity contribution in [2.75, 3.05) is 0 Å². The molecule has 0 nitrogen and oxygen atoms in total. The van der Waals surface area contributed by atoms with Crippen LogP contribution in [0.5, 0.6) is 0 Å². The summed E-state index contributed by atoms with van der Waals surface area (Å²) in [6.45, 7) is 4.25. The topological polar surface area (TPSA) is 0 Å². The first-order valence-electron chi connectivity index (χ1n) is 1.41. The molecule has 0 bridgehead atoms. The van der Waals surface area contributed by atoms with Gasteiger partial charge in [-0.1, -0.05) is 27.7 Å². The number of hydrogen-bond acceptors (Lipinski definition) is 0. The van der Waals surface area contributed by atoms with Crippen LogP contribution in [0.15, 0.2) is 0 Å². The predicted molar refractivity (Wildman–Crippen MR) is 22.7 cm³/mol. The summed E-state index contributed by atoms with van der Waals surface area (Å²) in [6, 6.07) is 0. The normalized spacial score (nSPS) is 2.25. The van der Waals surface area contributed by atoms with Gasteiger partial charge in [-0.05, 0) is 0 Å². The summed E-state index contributed by atoms with van der Waals surface area (Å²) in [6.07, 6.45) is 1.25. The molecule has 0 atom stereocenters. The molecule has 0 saturated heterocycles. The average Bonchev–Trinajstić information content (AvgIpc) is 0.918. The molecule has 0 heterocycles. The molecule has 8 heavy (non-hydrogen) atoms. The van der Waals surface area contributed by atoms with Gasteiger partial charge in [0.1, 0.15) is 0 Å². The maximum atomic E-state index is 2.12. The molecule has 0 amide bonds. The van der Waals surface area contributed by atoms with E-state index in [2.05, 4.69) is 13.8 Å². The van der Waals surface area contributed by atoms with Crippen LogP contribution >= 0.6 is 0 Å².